The summed E-state index contributed by atoms with van der Waals surface area (Å²) in [7, 11) is 0. The number of carbonyl (C=O) groups is 3. The fourth-order valence-electron chi connectivity index (χ4n) is 5.63. The molecular weight excluding hydrogens is 586 g/mol. The van der Waals surface area contributed by atoms with Gasteiger partial charge in [0.05, 0.1) is 5.69 Å². The molecule has 5 N–H and O–H groups in total. The summed E-state index contributed by atoms with van der Waals surface area (Å²) in [6.45, 7) is 4.25. The van der Waals surface area contributed by atoms with Crippen LogP contribution in [0.3, 0.4) is 0 Å². The number of phenolic OH excluding ortho intramolecular Hbond substituents is 1. The number of anilines is 2. The van der Waals surface area contributed by atoms with Gasteiger partial charge in [0.15, 0.2) is 5.69 Å². The maximum Gasteiger partial charge on any atom is 0.273 e. The zero-order chi connectivity index (χ0) is 31.9. The van der Waals surface area contributed by atoms with Crippen LogP contribution >= 0.6 is 11.5 Å². The van der Waals surface area contributed by atoms with Gasteiger partial charge in [0.2, 0.25) is 5.91 Å². The van der Waals surface area contributed by atoms with Crippen LogP contribution in [0.5, 0.6) is 5.75 Å². The van der Waals surface area contributed by atoms with E-state index in [2.05, 4.69) is 15.0 Å². The second-order valence-electron chi connectivity index (χ2n) is 11.5. The summed E-state index contributed by atoms with van der Waals surface area (Å²) in [6, 6.07) is 20.5. The molecule has 0 unspecified atom stereocenters. The van der Waals surface area contributed by atoms with Crippen LogP contribution in [0.4, 0.5) is 11.4 Å². The van der Waals surface area contributed by atoms with Gasteiger partial charge in [0, 0.05) is 18.3 Å². The molecule has 1 aliphatic rings. The molecule has 0 aliphatic heterocycles. The third-order valence-electron chi connectivity index (χ3n) is 8.34. The number of rotatable bonds is 10. The van der Waals surface area contributed by atoms with E-state index in [1.807, 2.05) is 56.3 Å². The molecule has 0 bridgehead atoms. The molecule has 1 aliphatic carbocycles. The van der Waals surface area contributed by atoms with Gasteiger partial charge in [-0.15, -0.1) is 0 Å². The van der Waals surface area contributed by atoms with E-state index in [0.29, 0.717) is 24.2 Å². The number of aryl methyl sites for hydroxylation is 2. The van der Waals surface area contributed by atoms with Crippen molar-refractivity contribution in [1.29, 1.82) is 0 Å². The van der Waals surface area contributed by atoms with Crippen molar-refractivity contribution >= 4 is 40.6 Å². The summed E-state index contributed by atoms with van der Waals surface area (Å²) in [6.07, 6.45) is 5.66. The van der Waals surface area contributed by atoms with Gasteiger partial charge < -0.3 is 21.5 Å². The maximum atomic E-state index is 14.5. The standard InChI is InChI=1S/C35H39N5O4S/c1-22-13-16-27(21-23(22)2)40(35(44)32-29(36)30(39-45-32)33(42)38-26-11-7-4-8-12-26)31(25-14-17-28(41)18-15-25)34(43)37-20-19-24-9-5-3-6-10-24/h3,5-6,9-10,13-18,21,26,31,41H,4,7-8,11-12,19-20,36H2,1-2H3,(H,37,43)(H,38,42)/t31-/m1/s1. The number of aromatic nitrogens is 1. The molecule has 3 aromatic carbocycles. The van der Waals surface area contributed by atoms with Gasteiger partial charge in [-0.05, 0) is 91.2 Å². The van der Waals surface area contributed by atoms with Crippen molar-refractivity contribution in [3.05, 3.63) is 106 Å². The molecule has 5 rings (SSSR count). The number of phenols is 1. The summed E-state index contributed by atoms with van der Waals surface area (Å²) in [5, 5.41) is 16.1. The highest BCUT2D eigenvalue weighted by molar-refractivity contribution is 7.09. The van der Waals surface area contributed by atoms with E-state index < -0.39 is 23.8 Å². The molecule has 0 radical (unpaired) electrons. The molecule has 0 spiro atoms. The minimum Gasteiger partial charge on any atom is -0.508 e. The quantitative estimate of drug-likeness (QED) is 0.174. The molecule has 10 heteroatoms. The summed E-state index contributed by atoms with van der Waals surface area (Å²) in [5.41, 5.74) is 10.5. The summed E-state index contributed by atoms with van der Waals surface area (Å²) in [5.74, 6) is -1.32. The van der Waals surface area contributed by atoms with Crippen molar-refractivity contribution in [2.45, 2.75) is 64.5 Å². The van der Waals surface area contributed by atoms with Gasteiger partial charge in [-0.2, -0.15) is 4.37 Å². The van der Waals surface area contributed by atoms with Crippen molar-refractivity contribution in [2.24, 2.45) is 0 Å². The first-order valence-electron chi connectivity index (χ1n) is 15.3. The number of amides is 3. The average molecular weight is 626 g/mol. The van der Waals surface area contributed by atoms with E-state index in [4.69, 9.17) is 5.73 Å². The van der Waals surface area contributed by atoms with Gasteiger partial charge in [0.1, 0.15) is 16.7 Å². The first-order chi connectivity index (χ1) is 21.7. The van der Waals surface area contributed by atoms with Gasteiger partial charge in [0.25, 0.3) is 11.8 Å². The largest absolute Gasteiger partial charge is 0.508 e. The zero-order valence-corrected chi connectivity index (χ0v) is 26.4. The van der Waals surface area contributed by atoms with Gasteiger partial charge in [-0.3, -0.25) is 19.3 Å². The zero-order valence-electron chi connectivity index (χ0n) is 25.6. The van der Waals surface area contributed by atoms with E-state index >= 15 is 0 Å². The minimum atomic E-state index is -1.11. The van der Waals surface area contributed by atoms with Crippen molar-refractivity contribution in [3.63, 3.8) is 0 Å². The number of nitrogens with one attached hydrogen (secondary N) is 2. The second-order valence-corrected chi connectivity index (χ2v) is 12.3. The molecule has 1 atom stereocenters. The lowest BCUT2D eigenvalue weighted by Gasteiger charge is -2.31. The Kier molecular flexibility index (Phi) is 10.1. The Morgan fingerprint density at radius 3 is 2.38 bits per heavy atom. The van der Waals surface area contributed by atoms with E-state index in [0.717, 1.165) is 60.3 Å². The molecule has 3 amide bonds. The lowest BCUT2D eigenvalue weighted by molar-refractivity contribution is -0.122. The number of hydrogen-bond acceptors (Lipinski definition) is 7. The van der Waals surface area contributed by atoms with E-state index in [-0.39, 0.29) is 28.0 Å². The van der Waals surface area contributed by atoms with Crippen LogP contribution in [0.1, 0.15) is 80.6 Å². The third kappa shape index (κ3) is 7.51. The monoisotopic (exact) mass is 625 g/mol. The van der Waals surface area contributed by atoms with Crippen molar-refractivity contribution in [2.75, 3.05) is 17.2 Å². The number of aromatic hydroxyl groups is 1. The van der Waals surface area contributed by atoms with Gasteiger partial charge in [-0.25, -0.2) is 0 Å². The van der Waals surface area contributed by atoms with Crippen LogP contribution in [-0.2, 0) is 11.2 Å². The van der Waals surface area contributed by atoms with E-state index in [9.17, 15) is 19.5 Å². The molecule has 1 fully saturated rings. The third-order valence-corrected chi connectivity index (χ3v) is 9.19. The van der Waals surface area contributed by atoms with Crippen LogP contribution in [-0.4, -0.2) is 39.8 Å². The number of benzene rings is 3. The number of nitrogens with two attached hydrogens (primary N) is 1. The molecule has 234 valence electrons. The Bertz CT molecular complexity index is 1650. The van der Waals surface area contributed by atoms with E-state index in [1.165, 1.54) is 17.0 Å². The number of nitrogens with zero attached hydrogens (tertiary/aromatic N) is 2. The molecule has 1 saturated carbocycles. The fraction of sp³-hybridized carbons (Fsp3) is 0.314. The molecule has 4 aromatic rings. The molecule has 1 aromatic heterocycles. The summed E-state index contributed by atoms with van der Waals surface area (Å²) < 4.78 is 4.31. The highest BCUT2D eigenvalue weighted by atomic mass is 32.1. The Balaban J connectivity index is 1.51. The van der Waals surface area contributed by atoms with Crippen molar-refractivity contribution < 1.29 is 19.5 Å². The highest BCUT2D eigenvalue weighted by Gasteiger charge is 2.36. The Labute approximate surface area is 267 Å². The van der Waals surface area contributed by atoms with Crippen LogP contribution in [0, 0.1) is 13.8 Å². The lowest BCUT2D eigenvalue weighted by atomic mass is 9.95. The van der Waals surface area contributed by atoms with Crippen LogP contribution < -0.4 is 21.3 Å². The average Bonchev–Trinajstić information content (AvgIpc) is 3.43. The normalized spacial score (nSPS) is 14.0. The number of carbonyl (C=O) groups excluding carboxylic acids is 3. The second kappa shape index (κ2) is 14.4. The Hall–Kier alpha value is -4.70. The van der Waals surface area contributed by atoms with Crippen molar-refractivity contribution in [3.8, 4) is 5.75 Å². The SMILES string of the molecule is Cc1ccc(N(C(=O)c2snc(C(=O)NC3CCCCC3)c2N)[C@@H](C(=O)NCCc2ccccc2)c2ccc(O)cc2)cc1C. The topological polar surface area (TPSA) is 138 Å². The van der Waals surface area contributed by atoms with Crippen LogP contribution in [0.25, 0.3) is 0 Å². The number of nitrogen functional groups attached to an aromatic ring is 1. The molecular formula is C35H39N5O4S. The summed E-state index contributed by atoms with van der Waals surface area (Å²) >= 11 is 0.848. The Morgan fingerprint density at radius 2 is 1.69 bits per heavy atom. The smallest absolute Gasteiger partial charge is 0.273 e. The predicted molar refractivity (Wildman–Crippen MR) is 178 cm³/mol. The highest BCUT2D eigenvalue weighted by Crippen LogP contribution is 2.34. The van der Waals surface area contributed by atoms with Crippen LogP contribution in [0.15, 0.2) is 72.8 Å². The summed E-state index contributed by atoms with van der Waals surface area (Å²) in [4.78, 5) is 43.2. The van der Waals surface area contributed by atoms with Crippen molar-refractivity contribution in [1.82, 2.24) is 15.0 Å². The molecule has 45 heavy (non-hydrogen) atoms. The Morgan fingerprint density at radius 1 is 0.978 bits per heavy atom. The molecule has 9 nitrogen and oxygen atoms in total. The molecule has 0 saturated heterocycles. The number of hydrogen-bond donors (Lipinski definition) is 4. The van der Waals surface area contributed by atoms with Crippen LogP contribution in [0.2, 0.25) is 0 Å². The lowest BCUT2D eigenvalue weighted by Crippen LogP contribution is -2.44. The minimum absolute atomic E-state index is 0.0129. The first-order valence-corrected chi connectivity index (χ1v) is 16.1. The van der Waals surface area contributed by atoms with Gasteiger partial charge in [-0.1, -0.05) is 67.8 Å². The maximum absolute atomic E-state index is 14.5. The molecule has 1 heterocycles. The first kappa shape index (κ1) is 31.7. The van der Waals surface area contributed by atoms with E-state index in [1.54, 1.807) is 18.2 Å². The fourth-order valence-corrected chi connectivity index (χ4v) is 6.37. The van der Waals surface area contributed by atoms with Gasteiger partial charge >= 0.3 is 0 Å². The predicted octanol–water partition coefficient (Wildman–Crippen LogP) is 5.86.